The highest BCUT2D eigenvalue weighted by molar-refractivity contribution is 5.85. The van der Waals surface area contributed by atoms with Crippen molar-refractivity contribution >= 4 is 10.9 Å². The van der Waals surface area contributed by atoms with Crippen LogP contribution in [0.1, 0.15) is 36.2 Å². The van der Waals surface area contributed by atoms with E-state index in [1.807, 2.05) is 6.07 Å². The number of para-hydroxylation sites is 1. The van der Waals surface area contributed by atoms with Crippen LogP contribution in [0.3, 0.4) is 0 Å². The van der Waals surface area contributed by atoms with E-state index < -0.39 is 0 Å². The van der Waals surface area contributed by atoms with Crippen LogP contribution in [0.25, 0.3) is 10.9 Å². The lowest BCUT2D eigenvalue weighted by molar-refractivity contribution is 0.206. The smallest absolute Gasteiger partial charge is 0.203 e. The molecule has 1 N–H and O–H groups in total. The molecule has 1 aromatic heterocycles. The number of nitrogens with zero attached hydrogens (tertiary/aromatic N) is 1. The Kier molecular flexibility index (Phi) is 5.18. The third-order valence-corrected chi connectivity index (χ3v) is 5.67. The van der Waals surface area contributed by atoms with Crippen LogP contribution in [0, 0.1) is 0 Å². The summed E-state index contributed by atoms with van der Waals surface area (Å²) in [7, 11) is 5.00. The summed E-state index contributed by atoms with van der Waals surface area (Å²) >= 11 is 0. The van der Waals surface area contributed by atoms with Crippen LogP contribution in [-0.2, 0) is 6.42 Å². The highest BCUT2D eigenvalue weighted by Crippen LogP contribution is 2.47. The maximum Gasteiger partial charge on any atom is 0.203 e. The number of hydrogen-bond acceptors (Lipinski definition) is 4. The number of aromatic nitrogens is 1. The van der Waals surface area contributed by atoms with Crippen LogP contribution >= 0.6 is 0 Å². The van der Waals surface area contributed by atoms with Crippen molar-refractivity contribution in [1.29, 1.82) is 0 Å². The van der Waals surface area contributed by atoms with E-state index in [0.29, 0.717) is 11.5 Å². The molecule has 148 valence electrons. The van der Waals surface area contributed by atoms with Crippen molar-refractivity contribution < 1.29 is 14.2 Å². The molecule has 4 rings (SSSR count). The summed E-state index contributed by atoms with van der Waals surface area (Å²) < 4.78 is 17.0. The molecule has 0 saturated carbocycles. The first-order valence-corrected chi connectivity index (χ1v) is 9.85. The maximum absolute atomic E-state index is 5.83. The van der Waals surface area contributed by atoms with Gasteiger partial charge in [0.15, 0.2) is 11.5 Å². The minimum Gasteiger partial charge on any atom is -0.493 e. The number of benzene rings is 2. The third kappa shape index (κ3) is 2.90. The summed E-state index contributed by atoms with van der Waals surface area (Å²) in [4.78, 5) is 6.23. The molecule has 28 heavy (non-hydrogen) atoms. The van der Waals surface area contributed by atoms with Gasteiger partial charge in [0, 0.05) is 28.7 Å². The van der Waals surface area contributed by atoms with E-state index in [1.54, 1.807) is 21.3 Å². The van der Waals surface area contributed by atoms with E-state index in [1.165, 1.54) is 22.2 Å². The SMILES string of the molecule is CCCN1CCc2c([nH]c3ccccc23)C1c1ccc(OC)c(OC)c1OC. The van der Waals surface area contributed by atoms with Crippen LogP contribution in [0.4, 0.5) is 0 Å². The summed E-state index contributed by atoms with van der Waals surface area (Å²) in [6.07, 6.45) is 2.15. The fourth-order valence-corrected chi connectivity index (χ4v) is 4.51. The molecule has 5 heteroatoms. The highest BCUT2D eigenvalue weighted by atomic mass is 16.5. The Morgan fingerprint density at radius 2 is 1.79 bits per heavy atom. The molecule has 1 aliphatic heterocycles. The molecule has 3 aromatic rings. The van der Waals surface area contributed by atoms with Crippen molar-refractivity contribution in [1.82, 2.24) is 9.88 Å². The van der Waals surface area contributed by atoms with E-state index in [9.17, 15) is 0 Å². The zero-order valence-electron chi connectivity index (χ0n) is 17.0. The molecule has 0 saturated heterocycles. The average molecular weight is 380 g/mol. The average Bonchev–Trinajstić information content (AvgIpc) is 3.11. The molecule has 1 unspecified atom stereocenters. The molecule has 1 aliphatic rings. The predicted molar refractivity (Wildman–Crippen MR) is 112 cm³/mol. The predicted octanol–water partition coefficient (Wildman–Crippen LogP) is 4.55. The molecule has 2 aromatic carbocycles. The summed E-state index contributed by atoms with van der Waals surface area (Å²) in [6, 6.07) is 12.7. The molecule has 5 nitrogen and oxygen atoms in total. The third-order valence-electron chi connectivity index (χ3n) is 5.67. The number of nitrogens with one attached hydrogen (secondary N) is 1. The minimum absolute atomic E-state index is 0.0888. The molecule has 0 bridgehead atoms. The highest BCUT2D eigenvalue weighted by Gasteiger charge is 2.34. The van der Waals surface area contributed by atoms with E-state index >= 15 is 0 Å². The van der Waals surface area contributed by atoms with E-state index in [2.05, 4.69) is 47.1 Å². The number of H-pyrrole nitrogens is 1. The Morgan fingerprint density at radius 3 is 2.50 bits per heavy atom. The van der Waals surface area contributed by atoms with Gasteiger partial charge in [-0.2, -0.15) is 0 Å². The second-order valence-corrected chi connectivity index (χ2v) is 7.17. The Hall–Kier alpha value is -2.66. The van der Waals surface area contributed by atoms with Crippen LogP contribution in [-0.4, -0.2) is 44.3 Å². The second kappa shape index (κ2) is 7.76. The lowest BCUT2D eigenvalue weighted by Crippen LogP contribution is -2.36. The Bertz CT molecular complexity index is 979. The van der Waals surface area contributed by atoms with Gasteiger partial charge in [-0.1, -0.05) is 25.1 Å². The number of methoxy groups -OCH3 is 3. The first kappa shape index (κ1) is 18.7. The quantitative estimate of drug-likeness (QED) is 0.681. The van der Waals surface area contributed by atoms with Gasteiger partial charge >= 0.3 is 0 Å². The summed E-state index contributed by atoms with van der Waals surface area (Å²) in [5.41, 5.74) is 4.95. The van der Waals surface area contributed by atoms with Gasteiger partial charge in [0.2, 0.25) is 5.75 Å². The molecule has 1 atom stereocenters. The molecule has 0 amide bonds. The Balaban J connectivity index is 1.94. The Morgan fingerprint density at radius 1 is 1.00 bits per heavy atom. The topological polar surface area (TPSA) is 46.7 Å². The van der Waals surface area contributed by atoms with Crippen molar-refractivity contribution in [2.45, 2.75) is 25.8 Å². The van der Waals surface area contributed by atoms with Crippen molar-refractivity contribution in [3.63, 3.8) is 0 Å². The van der Waals surface area contributed by atoms with Gasteiger partial charge in [-0.15, -0.1) is 0 Å². The number of fused-ring (bicyclic) bond motifs is 3. The first-order valence-electron chi connectivity index (χ1n) is 9.85. The fourth-order valence-electron chi connectivity index (χ4n) is 4.51. The number of hydrogen-bond donors (Lipinski definition) is 1. The first-order chi connectivity index (χ1) is 13.7. The fraction of sp³-hybridized carbons (Fsp3) is 0.391. The number of rotatable bonds is 6. The zero-order chi connectivity index (χ0) is 19.7. The van der Waals surface area contributed by atoms with Crippen LogP contribution in [0.15, 0.2) is 36.4 Å². The molecule has 0 spiro atoms. The van der Waals surface area contributed by atoms with Crippen molar-refractivity contribution in [2.75, 3.05) is 34.4 Å². The van der Waals surface area contributed by atoms with Crippen molar-refractivity contribution in [3.05, 3.63) is 53.2 Å². The zero-order valence-corrected chi connectivity index (χ0v) is 17.0. The van der Waals surface area contributed by atoms with Gasteiger partial charge in [-0.3, -0.25) is 4.90 Å². The summed E-state index contributed by atoms with van der Waals surface area (Å²) in [5, 5.41) is 1.32. The molecular formula is C23H28N2O3. The lowest BCUT2D eigenvalue weighted by Gasteiger charge is -2.37. The normalized spacial score (nSPS) is 16.8. The number of ether oxygens (including phenoxy) is 3. The largest absolute Gasteiger partial charge is 0.493 e. The molecule has 0 aliphatic carbocycles. The molecule has 0 radical (unpaired) electrons. The van der Waals surface area contributed by atoms with Crippen LogP contribution in [0.5, 0.6) is 17.2 Å². The number of aromatic amines is 1. The van der Waals surface area contributed by atoms with Crippen LogP contribution < -0.4 is 14.2 Å². The Labute approximate surface area is 166 Å². The summed E-state index contributed by atoms with van der Waals surface area (Å²) in [6.45, 7) is 4.27. The van der Waals surface area contributed by atoms with Crippen LogP contribution in [0.2, 0.25) is 0 Å². The van der Waals surface area contributed by atoms with Crippen molar-refractivity contribution in [3.8, 4) is 17.2 Å². The van der Waals surface area contributed by atoms with E-state index in [4.69, 9.17) is 14.2 Å². The lowest BCUT2D eigenvalue weighted by atomic mass is 9.91. The van der Waals surface area contributed by atoms with Crippen molar-refractivity contribution in [2.24, 2.45) is 0 Å². The van der Waals surface area contributed by atoms with Gasteiger partial charge in [0.1, 0.15) is 0 Å². The standard InChI is InChI=1S/C23H28N2O3/c1-5-13-25-14-12-16-15-8-6-7-9-18(15)24-20(16)21(25)17-10-11-19(26-2)23(28-4)22(17)27-3/h6-11,21,24H,5,12-14H2,1-4H3. The van der Waals surface area contributed by atoms with Gasteiger partial charge in [0.25, 0.3) is 0 Å². The molecular weight excluding hydrogens is 352 g/mol. The van der Waals surface area contributed by atoms with Gasteiger partial charge in [-0.25, -0.2) is 0 Å². The van der Waals surface area contributed by atoms with E-state index in [0.717, 1.165) is 37.2 Å². The van der Waals surface area contributed by atoms with E-state index in [-0.39, 0.29) is 6.04 Å². The second-order valence-electron chi connectivity index (χ2n) is 7.17. The minimum atomic E-state index is 0.0888. The van der Waals surface area contributed by atoms with Gasteiger partial charge in [0.05, 0.1) is 27.4 Å². The van der Waals surface area contributed by atoms with Gasteiger partial charge in [-0.05, 0) is 43.1 Å². The van der Waals surface area contributed by atoms with Gasteiger partial charge < -0.3 is 19.2 Å². The monoisotopic (exact) mass is 380 g/mol. The molecule has 2 heterocycles. The maximum atomic E-state index is 5.83. The summed E-state index contributed by atoms with van der Waals surface area (Å²) in [5.74, 6) is 2.06. The molecule has 0 fully saturated rings.